The summed E-state index contributed by atoms with van der Waals surface area (Å²) in [6, 6.07) is 9.59. The van der Waals surface area contributed by atoms with E-state index in [4.69, 9.17) is 25.1 Å². The van der Waals surface area contributed by atoms with Gasteiger partial charge in [-0.15, -0.1) is 5.10 Å². The highest BCUT2D eigenvalue weighted by molar-refractivity contribution is 5.99. The number of ether oxygens (including phenoxy) is 2. The molecule has 0 radical (unpaired) electrons. The lowest BCUT2D eigenvalue weighted by molar-refractivity contribution is -0.139. The van der Waals surface area contributed by atoms with E-state index in [1.54, 1.807) is 24.3 Å². The summed E-state index contributed by atoms with van der Waals surface area (Å²) in [5.74, 6) is -1.59. The molecule has 0 unspecified atom stereocenters. The van der Waals surface area contributed by atoms with Crippen LogP contribution in [0.1, 0.15) is 10.4 Å². The quantitative estimate of drug-likeness (QED) is 0.809. The van der Waals surface area contributed by atoms with Crippen LogP contribution in [-0.2, 0) is 9.53 Å². The van der Waals surface area contributed by atoms with Crippen molar-refractivity contribution in [1.29, 1.82) is 10.5 Å². The molecule has 0 saturated carbocycles. The van der Waals surface area contributed by atoms with Gasteiger partial charge < -0.3 is 14.6 Å². The van der Waals surface area contributed by atoms with Crippen molar-refractivity contribution >= 4 is 17.8 Å². The van der Waals surface area contributed by atoms with Crippen molar-refractivity contribution in [2.24, 2.45) is 5.10 Å². The number of benzene rings is 1. The Labute approximate surface area is 148 Å². The Kier molecular flexibility index (Phi) is 5.70. The molecule has 1 amide bonds. The van der Waals surface area contributed by atoms with Crippen LogP contribution in [-0.4, -0.2) is 41.6 Å². The molecule has 0 atom stereocenters. The van der Waals surface area contributed by atoms with E-state index in [1.807, 2.05) is 0 Å². The lowest BCUT2D eigenvalue weighted by atomic mass is 10.1. The Hall–Kier alpha value is -4.11. The van der Waals surface area contributed by atoms with Crippen LogP contribution in [0.25, 0.3) is 0 Å². The summed E-state index contributed by atoms with van der Waals surface area (Å²) >= 11 is 0. The van der Waals surface area contributed by atoms with Gasteiger partial charge in [-0.05, 0) is 24.3 Å². The van der Waals surface area contributed by atoms with Crippen molar-refractivity contribution < 1.29 is 24.2 Å². The maximum atomic E-state index is 12.8. The van der Waals surface area contributed by atoms with Gasteiger partial charge in [-0.2, -0.15) is 15.5 Å². The summed E-state index contributed by atoms with van der Waals surface area (Å²) < 4.78 is 10.0. The highest BCUT2D eigenvalue weighted by Gasteiger charge is 2.25. The number of carboxylic acids is 1. The zero-order valence-electron chi connectivity index (χ0n) is 13.5. The maximum Gasteiger partial charge on any atom is 0.341 e. The SMILES string of the molecule is COc1cccc(C(=O)N2N=C(OCC(=O)O)C=CC2=C(C#N)C#N)c1. The lowest BCUT2D eigenvalue weighted by Gasteiger charge is -2.22. The van der Waals surface area contributed by atoms with Crippen LogP contribution >= 0.6 is 0 Å². The Morgan fingerprint density at radius 3 is 2.62 bits per heavy atom. The van der Waals surface area contributed by atoms with Gasteiger partial charge in [0.25, 0.3) is 5.91 Å². The number of allylic oxidation sites excluding steroid dienone is 2. The van der Waals surface area contributed by atoms with Crippen molar-refractivity contribution in [2.45, 2.75) is 0 Å². The molecule has 0 aromatic heterocycles. The topological polar surface area (TPSA) is 136 Å². The summed E-state index contributed by atoms with van der Waals surface area (Å²) in [5, 5.41) is 31.6. The van der Waals surface area contributed by atoms with Crippen LogP contribution in [0.4, 0.5) is 0 Å². The minimum Gasteiger partial charge on any atom is -0.497 e. The van der Waals surface area contributed by atoms with Crippen molar-refractivity contribution in [3.8, 4) is 17.9 Å². The number of hydrogen-bond donors (Lipinski definition) is 1. The molecule has 1 aromatic carbocycles. The zero-order valence-corrected chi connectivity index (χ0v) is 13.5. The normalized spacial score (nSPS) is 12.5. The summed E-state index contributed by atoms with van der Waals surface area (Å²) in [6.45, 7) is -0.660. The first-order valence-electron chi connectivity index (χ1n) is 7.14. The molecule has 26 heavy (non-hydrogen) atoms. The fourth-order valence-electron chi connectivity index (χ4n) is 1.98. The molecular formula is C17H12N4O5. The standard InChI is InChI=1S/C17H12N4O5/c1-25-13-4-2-3-11(7-13)17(24)21-14(12(8-18)9-19)5-6-15(20-21)26-10-16(22)23/h2-7H,10H2,1H3,(H,22,23). The molecule has 1 aliphatic rings. The second-order valence-corrected chi connectivity index (χ2v) is 4.79. The molecule has 0 aliphatic carbocycles. The number of hydrazone groups is 1. The highest BCUT2D eigenvalue weighted by Crippen LogP contribution is 2.22. The first-order valence-corrected chi connectivity index (χ1v) is 7.14. The second-order valence-electron chi connectivity index (χ2n) is 4.79. The van der Waals surface area contributed by atoms with E-state index in [1.165, 1.54) is 31.4 Å². The Morgan fingerprint density at radius 2 is 2.00 bits per heavy atom. The van der Waals surface area contributed by atoms with E-state index in [2.05, 4.69) is 5.10 Å². The molecule has 2 rings (SSSR count). The average Bonchev–Trinajstić information content (AvgIpc) is 2.67. The highest BCUT2D eigenvalue weighted by atomic mass is 16.5. The van der Waals surface area contributed by atoms with E-state index in [9.17, 15) is 9.59 Å². The zero-order chi connectivity index (χ0) is 19.1. The number of nitrogens with zero attached hydrogens (tertiary/aromatic N) is 4. The first kappa shape index (κ1) is 18.2. The number of methoxy groups -OCH3 is 1. The maximum absolute atomic E-state index is 12.8. The molecule has 0 bridgehead atoms. The molecule has 1 N–H and O–H groups in total. The Bertz CT molecular complexity index is 902. The van der Waals surface area contributed by atoms with Crippen LogP contribution in [0.3, 0.4) is 0 Å². The van der Waals surface area contributed by atoms with Gasteiger partial charge in [0.2, 0.25) is 5.90 Å². The number of amides is 1. The van der Waals surface area contributed by atoms with Crippen LogP contribution in [0.2, 0.25) is 0 Å². The van der Waals surface area contributed by atoms with Crippen molar-refractivity contribution in [3.63, 3.8) is 0 Å². The van der Waals surface area contributed by atoms with Gasteiger partial charge in [0.05, 0.1) is 12.8 Å². The molecule has 1 aromatic rings. The van der Waals surface area contributed by atoms with Crippen molar-refractivity contribution in [2.75, 3.05) is 13.7 Å². The summed E-state index contributed by atoms with van der Waals surface area (Å²) in [6.07, 6.45) is 2.55. The Morgan fingerprint density at radius 1 is 1.27 bits per heavy atom. The summed E-state index contributed by atoms with van der Waals surface area (Å²) in [7, 11) is 1.44. The van der Waals surface area contributed by atoms with E-state index < -0.39 is 18.5 Å². The molecule has 9 nitrogen and oxygen atoms in total. The number of aliphatic carboxylic acids is 1. The van der Waals surface area contributed by atoms with Gasteiger partial charge in [0.15, 0.2) is 12.2 Å². The molecule has 9 heteroatoms. The molecule has 1 heterocycles. The van der Waals surface area contributed by atoms with Crippen molar-refractivity contribution in [1.82, 2.24) is 5.01 Å². The number of nitriles is 2. The van der Waals surface area contributed by atoms with E-state index in [0.717, 1.165) is 5.01 Å². The van der Waals surface area contributed by atoms with Gasteiger partial charge in [0, 0.05) is 11.6 Å². The minimum absolute atomic E-state index is 0.0505. The van der Waals surface area contributed by atoms with Crippen LogP contribution < -0.4 is 4.74 Å². The lowest BCUT2D eigenvalue weighted by Crippen LogP contribution is -2.30. The number of carbonyl (C=O) groups is 2. The molecule has 0 saturated heterocycles. The van der Waals surface area contributed by atoms with E-state index >= 15 is 0 Å². The minimum atomic E-state index is -1.22. The van der Waals surface area contributed by atoms with Gasteiger partial charge in [-0.3, -0.25) is 4.79 Å². The fourth-order valence-corrected chi connectivity index (χ4v) is 1.98. The van der Waals surface area contributed by atoms with Crippen molar-refractivity contribution in [3.05, 3.63) is 53.3 Å². The number of carbonyl (C=O) groups excluding carboxylic acids is 1. The molecule has 1 aliphatic heterocycles. The molecule has 0 spiro atoms. The average molecular weight is 352 g/mol. The van der Waals surface area contributed by atoms with Crippen LogP contribution in [0.15, 0.2) is 52.8 Å². The smallest absolute Gasteiger partial charge is 0.341 e. The van der Waals surface area contributed by atoms with E-state index in [0.29, 0.717) is 5.75 Å². The third-order valence-corrected chi connectivity index (χ3v) is 3.14. The van der Waals surface area contributed by atoms with Gasteiger partial charge in [0.1, 0.15) is 17.9 Å². The molecule has 0 fully saturated rings. The first-order chi connectivity index (χ1) is 12.5. The number of carboxylic acid groups (broad SMARTS) is 1. The van der Waals surface area contributed by atoms with E-state index in [-0.39, 0.29) is 22.7 Å². The predicted molar refractivity (Wildman–Crippen MR) is 87.6 cm³/mol. The third-order valence-electron chi connectivity index (χ3n) is 3.14. The third kappa shape index (κ3) is 4.04. The van der Waals surface area contributed by atoms with Gasteiger partial charge in [-0.25, -0.2) is 4.79 Å². The summed E-state index contributed by atoms with van der Waals surface area (Å²) in [5.41, 5.74) is -0.197. The molecule has 130 valence electrons. The predicted octanol–water partition coefficient (Wildman–Crippen LogP) is 1.42. The second kappa shape index (κ2) is 8.13. The summed E-state index contributed by atoms with van der Waals surface area (Å²) in [4.78, 5) is 23.4. The fraction of sp³-hybridized carbons (Fsp3) is 0.118. The van der Waals surface area contributed by atoms with Gasteiger partial charge >= 0.3 is 5.97 Å². The molecular weight excluding hydrogens is 340 g/mol. The monoisotopic (exact) mass is 352 g/mol. The van der Waals surface area contributed by atoms with Crippen LogP contribution in [0, 0.1) is 22.7 Å². The van der Waals surface area contributed by atoms with Crippen LogP contribution in [0.5, 0.6) is 5.75 Å². The Balaban J connectivity index is 2.46. The number of rotatable bonds is 4. The largest absolute Gasteiger partial charge is 0.497 e. The van der Waals surface area contributed by atoms with Gasteiger partial charge in [-0.1, -0.05) is 6.07 Å². The number of hydrogen-bond acceptors (Lipinski definition) is 7.